The van der Waals surface area contributed by atoms with Crippen LogP contribution in [0.3, 0.4) is 0 Å². The van der Waals surface area contributed by atoms with Crippen LogP contribution in [-0.2, 0) is 16.4 Å². The SMILES string of the molecule is CCc1ccc([C@H](CNS(=O)(=O)c2ccc(C(C)=O)cc2)N(C)C)cc1. The molecule has 2 aromatic rings. The molecule has 140 valence electrons. The summed E-state index contributed by atoms with van der Waals surface area (Å²) in [5.74, 6) is -0.0925. The number of carbonyl (C=O) groups is 1. The molecule has 2 rings (SSSR count). The van der Waals surface area contributed by atoms with Crippen LogP contribution in [0, 0.1) is 0 Å². The summed E-state index contributed by atoms with van der Waals surface area (Å²) in [6.45, 7) is 3.81. The van der Waals surface area contributed by atoms with Crippen LogP contribution in [-0.4, -0.2) is 39.7 Å². The highest BCUT2D eigenvalue weighted by Crippen LogP contribution is 2.19. The third kappa shape index (κ3) is 5.00. The maximum atomic E-state index is 12.6. The van der Waals surface area contributed by atoms with Gasteiger partial charge in [-0.1, -0.05) is 43.3 Å². The van der Waals surface area contributed by atoms with Crippen molar-refractivity contribution in [2.24, 2.45) is 0 Å². The van der Waals surface area contributed by atoms with E-state index < -0.39 is 10.0 Å². The van der Waals surface area contributed by atoms with E-state index in [9.17, 15) is 13.2 Å². The van der Waals surface area contributed by atoms with Gasteiger partial charge in [-0.3, -0.25) is 4.79 Å². The zero-order valence-electron chi connectivity index (χ0n) is 15.7. The number of aryl methyl sites for hydroxylation is 1. The van der Waals surface area contributed by atoms with Gasteiger partial charge < -0.3 is 4.90 Å². The van der Waals surface area contributed by atoms with Crippen molar-refractivity contribution in [3.63, 3.8) is 0 Å². The minimum absolute atomic E-state index is 0.0767. The highest BCUT2D eigenvalue weighted by atomic mass is 32.2. The Morgan fingerprint density at radius 3 is 2.08 bits per heavy atom. The minimum atomic E-state index is -3.64. The van der Waals surface area contributed by atoms with E-state index in [4.69, 9.17) is 0 Å². The first kappa shape index (κ1) is 20.3. The van der Waals surface area contributed by atoms with Gasteiger partial charge in [0.05, 0.1) is 4.90 Å². The first-order chi connectivity index (χ1) is 12.2. The molecule has 6 heteroatoms. The van der Waals surface area contributed by atoms with Crippen molar-refractivity contribution in [2.75, 3.05) is 20.6 Å². The first-order valence-electron chi connectivity index (χ1n) is 8.60. The Hall–Kier alpha value is -2.02. The van der Waals surface area contributed by atoms with Crippen molar-refractivity contribution in [3.05, 3.63) is 65.2 Å². The molecule has 0 aliphatic carbocycles. The van der Waals surface area contributed by atoms with Crippen LogP contribution >= 0.6 is 0 Å². The number of hydrogen-bond acceptors (Lipinski definition) is 4. The number of benzene rings is 2. The van der Waals surface area contributed by atoms with Gasteiger partial charge in [0.1, 0.15) is 0 Å². The zero-order chi connectivity index (χ0) is 19.3. The molecule has 0 unspecified atom stereocenters. The summed E-state index contributed by atoms with van der Waals surface area (Å²) in [7, 11) is 0.210. The Kier molecular flexibility index (Phi) is 6.69. The molecule has 0 amide bonds. The van der Waals surface area contributed by atoms with Crippen LogP contribution in [0.5, 0.6) is 0 Å². The lowest BCUT2D eigenvalue weighted by Gasteiger charge is -2.25. The van der Waals surface area contributed by atoms with Crippen molar-refractivity contribution in [1.82, 2.24) is 9.62 Å². The molecule has 0 saturated carbocycles. The van der Waals surface area contributed by atoms with Crippen molar-refractivity contribution in [1.29, 1.82) is 0 Å². The Labute approximate surface area is 156 Å². The Bertz CT molecular complexity index is 842. The van der Waals surface area contributed by atoms with E-state index in [1.807, 2.05) is 31.1 Å². The molecule has 1 N–H and O–H groups in total. The van der Waals surface area contributed by atoms with Crippen molar-refractivity contribution in [3.8, 4) is 0 Å². The molecular formula is C20H26N2O3S. The molecule has 0 radical (unpaired) electrons. The second kappa shape index (κ2) is 8.58. The van der Waals surface area contributed by atoms with Gasteiger partial charge in [-0.15, -0.1) is 0 Å². The summed E-state index contributed by atoms with van der Waals surface area (Å²) < 4.78 is 27.8. The van der Waals surface area contributed by atoms with E-state index in [0.717, 1.165) is 12.0 Å². The summed E-state index contributed by atoms with van der Waals surface area (Å²) in [6, 6.07) is 14.1. The molecule has 0 aliphatic heterocycles. The number of likely N-dealkylation sites (N-methyl/N-ethyl adjacent to an activating group) is 1. The summed E-state index contributed by atoms with van der Waals surface area (Å²) in [5, 5.41) is 0. The molecule has 0 aliphatic rings. The standard InChI is InChI=1S/C20H26N2O3S/c1-5-16-6-8-18(9-7-16)20(22(3)4)14-21-26(24,25)19-12-10-17(11-13-19)15(2)23/h6-13,20-21H,5,14H2,1-4H3/t20-/m0/s1. The molecule has 0 fully saturated rings. The van der Waals surface area contributed by atoms with E-state index in [1.54, 1.807) is 0 Å². The second-order valence-electron chi connectivity index (χ2n) is 6.51. The average molecular weight is 375 g/mol. The summed E-state index contributed by atoms with van der Waals surface area (Å²) in [5.41, 5.74) is 2.80. The van der Waals surface area contributed by atoms with Crippen molar-refractivity contribution >= 4 is 15.8 Å². The fourth-order valence-electron chi connectivity index (χ4n) is 2.71. The van der Waals surface area contributed by atoms with E-state index in [-0.39, 0.29) is 23.3 Å². The predicted octanol–water partition coefficient (Wildman–Crippen LogP) is 3.03. The van der Waals surface area contributed by atoms with E-state index in [1.165, 1.54) is 36.8 Å². The highest BCUT2D eigenvalue weighted by Gasteiger charge is 2.20. The molecule has 0 spiro atoms. The molecule has 2 aromatic carbocycles. The van der Waals surface area contributed by atoms with Gasteiger partial charge >= 0.3 is 0 Å². The van der Waals surface area contributed by atoms with E-state index >= 15 is 0 Å². The molecule has 1 atom stereocenters. The number of nitrogens with zero attached hydrogens (tertiary/aromatic N) is 1. The first-order valence-corrected chi connectivity index (χ1v) is 10.1. The fraction of sp³-hybridized carbons (Fsp3) is 0.350. The molecule has 0 aromatic heterocycles. The summed E-state index contributed by atoms with van der Waals surface area (Å²) in [6.07, 6.45) is 0.968. The van der Waals surface area contributed by atoms with Crippen LogP contribution in [0.2, 0.25) is 0 Å². The monoisotopic (exact) mass is 374 g/mol. The van der Waals surface area contributed by atoms with Crippen LogP contribution in [0.1, 0.15) is 41.4 Å². The molecular weight excluding hydrogens is 348 g/mol. The fourth-order valence-corrected chi connectivity index (χ4v) is 3.75. The average Bonchev–Trinajstić information content (AvgIpc) is 2.62. The van der Waals surface area contributed by atoms with Crippen LogP contribution < -0.4 is 4.72 Å². The number of Topliss-reactive ketones (excluding diaryl/α,β-unsaturated/α-hetero) is 1. The molecule has 0 saturated heterocycles. The normalized spacial score (nSPS) is 13.0. The van der Waals surface area contributed by atoms with Crippen molar-refractivity contribution < 1.29 is 13.2 Å². The van der Waals surface area contributed by atoms with Gasteiger partial charge in [0.25, 0.3) is 0 Å². The number of nitrogens with one attached hydrogen (secondary N) is 1. The quantitative estimate of drug-likeness (QED) is 0.721. The lowest BCUT2D eigenvalue weighted by Crippen LogP contribution is -2.34. The number of carbonyl (C=O) groups excluding carboxylic acids is 1. The lowest BCUT2D eigenvalue weighted by atomic mass is 10.0. The van der Waals surface area contributed by atoms with Crippen molar-refractivity contribution in [2.45, 2.75) is 31.2 Å². The lowest BCUT2D eigenvalue weighted by molar-refractivity contribution is 0.101. The predicted molar refractivity (Wildman–Crippen MR) is 104 cm³/mol. The Morgan fingerprint density at radius 1 is 1.04 bits per heavy atom. The maximum Gasteiger partial charge on any atom is 0.240 e. The van der Waals surface area contributed by atoms with Gasteiger partial charge in [0.2, 0.25) is 10.0 Å². The van der Waals surface area contributed by atoms with Gasteiger partial charge in [0, 0.05) is 18.2 Å². The van der Waals surface area contributed by atoms with Crippen LogP contribution in [0.4, 0.5) is 0 Å². The molecule has 26 heavy (non-hydrogen) atoms. The van der Waals surface area contributed by atoms with Crippen LogP contribution in [0.15, 0.2) is 53.4 Å². The van der Waals surface area contributed by atoms with Gasteiger partial charge in [-0.05, 0) is 50.7 Å². The molecule has 0 bridgehead atoms. The van der Waals surface area contributed by atoms with Gasteiger partial charge in [-0.25, -0.2) is 13.1 Å². The van der Waals surface area contributed by atoms with Gasteiger partial charge in [0.15, 0.2) is 5.78 Å². The third-order valence-corrected chi connectivity index (χ3v) is 5.87. The largest absolute Gasteiger partial charge is 0.301 e. The highest BCUT2D eigenvalue weighted by molar-refractivity contribution is 7.89. The molecule has 0 heterocycles. The van der Waals surface area contributed by atoms with Crippen LogP contribution in [0.25, 0.3) is 0 Å². The summed E-state index contributed by atoms with van der Waals surface area (Å²) in [4.78, 5) is 13.5. The zero-order valence-corrected chi connectivity index (χ0v) is 16.5. The second-order valence-corrected chi connectivity index (χ2v) is 8.27. The Balaban J connectivity index is 2.15. The Morgan fingerprint density at radius 2 is 1.62 bits per heavy atom. The maximum absolute atomic E-state index is 12.6. The topological polar surface area (TPSA) is 66.5 Å². The smallest absolute Gasteiger partial charge is 0.240 e. The van der Waals surface area contributed by atoms with E-state index in [2.05, 4.69) is 23.8 Å². The molecule has 5 nitrogen and oxygen atoms in total. The summed E-state index contributed by atoms with van der Waals surface area (Å²) >= 11 is 0. The number of hydrogen-bond donors (Lipinski definition) is 1. The number of ketones is 1. The third-order valence-electron chi connectivity index (χ3n) is 4.43. The van der Waals surface area contributed by atoms with Gasteiger partial charge in [-0.2, -0.15) is 0 Å². The van der Waals surface area contributed by atoms with E-state index in [0.29, 0.717) is 5.56 Å². The minimum Gasteiger partial charge on any atom is -0.301 e. The number of rotatable bonds is 8. The number of sulfonamides is 1.